The van der Waals surface area contributed by atoms with Crippen molar-refractivity contribution in [1.82, 2.24) is 14.5 Å². The van der Waals surface area contributed by atoms with Crippen LogP contribution in [0.15, 0.2) is 91.1 Å². The van der Waals surface area contributed by atoms with Gasteiger partial charge in [-0.1, -0.05) is 36.4 Å². The smallest absolute Gasteiger partial charge is 0.164 e. The number of nitrogens with zero attached hydrogens (tertiary/aromatic N) is 4. The second-order valence-corrected chi connectivity index (χ2v) is 8.40. The fourth-order valence-electron chi connectivity index (χ4n) is 4.69. The SMILES string of the molecule is Cc1cnc2c(c1)nc(-c1ccc3c(c1)CCCN3c1ccccc1)n2-c1ccccc1. The van der Waals surface area contributed by atoms with Gasteiger partial charge in [-0.3, -0.25) is 4.57 Å². The molecule has 3 heterocycles. The van der Waals surface area contributed by atoms with Gasteiger partial charge >= 0.3 is 0 Å². The van der Waals surface area contributed by atoms with Crippen molar-refractivity contribution in [2.45, 2.75) is 19.8 Å². The predicted molar refractivity (Wildman–Crippen MR) is 131 cm³/mol. The number of imidazole rings is 1. The highest BCUT2D eigenvalue weighted by molar-refractivity contribution is 5.81. The molecule has 1 aliphatic heterocycles. The number of aromatic nitrogens is 3. The van der Waals surface area contributed by atoms with Gasteiger partial charge in [0.15, 0.2) is 5.65 Å². The summed E-state index contributed by atoms with van der Waals surface area (Å²) in [4.78, 5) is 12.2. The van der Waals surface area contributed by atoms with E-state index in [4.69, 9.17) is 9.97 Å². The molecular weight excluding hydrogens is 392 g/mol. The number of pyridine rings is 1. The molecule has 0 N–H and O–H groups in total. The number of hydrogen-bond donors (Lipinski definition) is 0. The standard InChI is InChI=1S/C28H24N4/c1-20-17-25-28(29-19-20)32(24-12-6-3-7-13-24)27(30-25)22-14-15-26-21(18-22)9-8-16-31(26)23-10-4-2-5-11-23/h2-7,10-15,17-19H,8-9,16H2,1H3. The Morgan fingerprint density at radius 3 is 2.34 bits per heavy atom. The molecule has 0 bridgehead atoms. The first-order valence-electron chi connectivity index (χ1n) is 11.1. The average Bonchev–Trinajstić information content (AvgIpc) is 3.23. The zero-order valence-electron chi connectivity index (χ0n) is 18.1. The van der Waals surface area contributed by atoms with Gasteiger partial charge in [0.25, 0.3) is 0 Å². The molecule has 0 fully saturated rings. The topological polar surface area (TPSA) is 34.0 Å². The molecule has 0 atom stereocenters. The zero-order chi connectivity index (χ0) is 21.5. The van der Waals surface area contributed by atoms with Crippen LogP contribution in [0.3, 0.4) is 0 Å². The Labute approximate surface area is 187 Å². The fraction of sp³-hybridized carbons (Fsp3) is 0.143. The molecule has 0 unspecified atom stereocenters. The van der Waals surface area contributed by atoms with Crippen molar-refractivity contribution < 1.29 is 0 Å². The van der Waals surface area contributed by atoms with E-state index >= 15 is 0 Å². The zero-order valence-corrected chi connectivity index (χ0v) is 18.1. The van der Waals surface area contributed by atoms with Gasteiger partial charge in [0, 0.05) is 35.4 Å². The minimum absolute atomic E-state index is 0.889. The van der Waals surface area contributed by atoms with Crippen LogP contribution < -0.4 is 4.90 Å². The van der Waals surface area contributed by atoms with Gasteiger partial charge < -0.3 is 4.90 Å². The third-order valence-corrected chi connectivity index (χ3v) is 6.17. The number of aryl methyl sites for hydroxylation is 2. The van der Waals surface area contributed by atoms with E-state index in [9.17, 15) is 0 Å². The highest BCUT2D eigenvalue weighted by atomic mass is 15.1. The molecule has 0 amide bonds. The van der Waals surface area contributed by atoms with Gasteiger partial charge in [0.05, 0.1) is 0 Å². The number of hydrogen-bond acceptors (Lipinski definition) is 3. The summed E-state index contributed by atoms with van der Waals surface area (Å²) in [6.07, 6.45) is 4.13. The Bertz CT molecular complexity index is 1400. The van der Waals surface area contributed by atoms with E-state index in [-0.39, 0.29) is 0 Å². The third-order valence-electron chi connectivity index (χ3n) is 6.17. The summed E-state index contributed by atoms with van der Waals surface area (Å²) in [7, 11) is 0. The second-order valence-electron chi connectivity index (χ2n) is 8.40. The van der Waals surface area contributed by atoms with E-state index < -0.39 is 0 Å². The molecule has 4 nitrogen and oxygen atoms in total. The molecule has 4 heteroatoms. The Balaban J connectivity index is 1.52. The van der Waals surface area contributed by atoms with Gasteiger partial charge in [-0.25, -0.2) is 9.97 Å². The Kier molecular flexibility index (Phi) is 4.50. The number of fused-ring (bicyclic) bond motifs is 2. The average molecular weight is 417 g/mol. The van der Waals surface area contributed by atoms with Crippen molar-refractivity contribution in [1.29, 1.82) is 0 Å². The van der Waals surface area contributed by atoms with Crippen LogP contribution in [-0.4, -0.2) is 21.1 Å². The first-order valence-corrected chi connectivity index (χ1v) is 11.1. The van der Waals surface area contributed by atoms with Crippen molar-refractivity contribution in [3.63, 3.8) is 0 Å². The van der Waals surface area contributed by atoms with Crippen LogP contribution in [0.2, 0.25) is 0 Å². The van der Waals surface area contributed by atoms with Crippen LogP contribution in [0.1, 0.15) is 17.5 Å². The lowest BCUT2D eigenvalue weighted by Gasteiger charge is -2.31. The molecule has 0 spiro atoms. The summed E-state index contributed by atoms with van der Waals surface area (Å²) in [5.74, 6) is 0.934. The normalized spacial score (nSPS) is 13.3. The molecular formula is C28H24N4. The first-order chi connectivity index (χ1) is 15.8. The number of anilines is 2. The van der Waals surface area contributed by atoms with Crippen LogP contribution in [0.5, 0.6) is 0 Å². The Morgan fingerprint density at radius 1 is 0.812 bits per heavy atom. The van der Waals surface area contributed by atoms with Gasteiger partial charge in [0.2, 0.25) is 0 Å². The van der Waals surface area contributed by atoms with Crippen molar-refractivity contribution in [3.05, 3.63) is 102 Å². The lowest BCUT2D eigenvalue weighted by molar-refractivity contribution is 0.767. The highest BCUT2D eigenvalue weighted by Crippen LogP contribution is 2.37. The van der Waals surface area contributed by atoms with E-state index in [0.29, 0.717) is 0 Å². The molecule has 2 aromatic heterocycles. The third kappa shape index (κ3) is 3.16. The maximum atomic E-state index is 5.03. The first kappa shape index (κ1) is 18.8. The summed E-state index contributed by atoms with van der Waals surface area (Å²) in [6, 6.07) is 29.9. The summed E-state index contributed by atoms with van der Waals surface area (Å²) in [5.41, 5.74) is 9.04. The number of rotatable bonds is 3. The molecule has 5 aromatic rings. The Morgan fingerprint density at radius 2 is 1.56 bits per heavy atom. The maximum Gasteiger partial charge on any atom is 0.164 e. The fourth-order valence-corrected chi connectivity index (χ4v) is 4.69. The van der Waals surface area contributed by atoms with Crippen molar-refractivity contribution in [2.75, 3.05) is 11.4 Å². The van der Waals surface area contributed by atoms with Gasteiger partial charge in [-0.05, 0) is 79.4 Å². The summed E-state index contributed by atoms with van der Waals surface area (Å²) in [6.45, 7) is 3.10. The molecule has 156 valence electrons. The number of para-hydroxylation sites is 2. The molecule has 1 aliphatic rings. The van der Waals surface area contributed by atoms with Crippen LogP contribution in [0, 0.1) is 6.92 Å². The summed E-state index contributed by atoms with van der Waals surface area (Å²) in [5, 5.41) is 0. The van der Waals surface area contributed by atoms with Gasteiger partial charge in [0.1, 0.15) is 11.3 Å². The lowest BCUT2D eigenvalue weighted by atomic mass is 9.98. The molecule has 3 aromatic carbocycles. The molecule has 0 aliphatic carbocycles. The maximum absolute atomic E-state index is 5.03. The van der Waals surface area contributed by atoms with Crippen molar-refractivity contribution in [3.8, 4) is 17.1 Å². The molecule has 0 radical (unpaired) electrons. The van der Waals surface area contributed by atoms with Gasteiger partial charge in [-0.2, -0.15) is 0 Å². The van der Waals surface area contributed by atoms with Gasteiger partial charge in [-0.15, -0.1) is 0 Å². The van der Waals surface area contributed by atoms with Crippen LogP contribution >= 0.6 is 0 Å². The van der Waals surface area contributed by atoms with E-state index in [0.717, 1.165) is 53.2 Å². The van der Waals surface area contributed by atoms with E-state index in [2.05, 4.69) is 95.3 Å². The summed E-state index contributed by atoms with van der Waals surface area (Å²) >= 11 is 0. The van der Waals surface area contributed by atoms with Crippen LogP contribution in [0.25, 0.3) is 28.2 Å². The van der Waals surface area contributed by atoms with E-state index in [1.807, 2.05) is 12.3 Å². The van der Waals surface area contributed by atoms with E-state index in [1.54, 1.807) is 0 Å². The molecule has 0 saturated heterocycles. The monoisotopic (exact) mass is 416 g/mol. The van der Waals surface area contributed by atoms with Crippen molar-refractivity contribution in [2.24, 2.45) is 0 Å². The predicted octanol–water partition coefficient (Wildman–Crippen LogP) is 6.48. The summed E-state index contributed by atoms with van der Waals surface area (Å²) < 4.78 is 2.17. The van der Waals surface area contributed by atoms with Crippen LogP contribution in [0.4, 0.5) is 11.4 Å². The lowest BCUT2D eigenvalue weighted by Crippen LogP contribution is -2.24. The Hall–Kier alpha value is -3.92. The molecule has 6 rings (SSSR count). The number of benzene rings is 3. The quantitative estimate of drug-likeness (QED) is 0.337. The molecule has 0 saturated carbocycles. The van der Waals surface area contributed by atoms with E-state index in [1.165, 1.54) is 16.9 Å². The minimum atomic E-state index is 0.889. The highest BCUT2D eigenvalue weighted by Gasteiger charge is 2.21. The second kappa shape index (κ2) is 7.65. The minimum Gasteiger partial charge on any atom is -0.341 e. The molecule has 32 heavy (non-hydrogen) atoms. The van der Waals surface area contributed by atoms with Crippen LogP contribution in [-0.2, 0) is 6.42 Å². The largest absolute Gasteiger partial charge is 0.341 e. The van der Waals surface area contributed by atoms with Crippen molar-refractivity contribution >= 4 is 22.5 Å².